The summed E-state index contributed by atoms with van der Waals surface area (Å²) in [6.07, 6.45) is 4.00. The molecule has 0 aromatic rings. The zero-order valence-electron chi connectivity index (χ0n) is 8.73. The van der Waals surface area contributed by atoms with Gasteiger partial charge in [0.25, 0.3) is 0 Å². The third kappa shape index (κ3) is 2.25. The van der Waals surface area contributed by atoms with Crippen LogP contribution in [-0.2, 0) is 0 Å². The minimum Gasteiger partial charge on any atom is -0.311 e. The van der Waals surface area contributed by atoms with Crippen molar-refractivity contribution in [1.29, 1.82) is 0 Å². The Morgan fingerprint density at radius 2 is 1.71 bits per heavy atom. The van der Waals surface area contributed by atoms with Gasteiger partial charge >= 0.3 is 0 Å². The number of hydrogen-bond acceptors (Lipinski definition) is 1. The normalized spacial score (nSPS) is 38.8. The van der Waals surface area contributed by atoms with Crippen molar-refractivity contribution in [2.24, 2.45) is 5.92 Å². The van der Waals surface area contributed by atoms with Gasteiger partial charge in [0.15, 0.2) is 0 Å². The molecule has 1 N–H and O–H groups in total. The maximum absolute atomic E-state index is 12.9. The molecule has 0 bridgehead atoms. The quantitative estimate of drug-likeness (QED) is 0.691. The van der Waals surface area contributed by atoms with E-state index in [0.29, 0.717) is 30.8 Å². The van der Waals surface area contributed by atoms with Crippen LogP contribution in [0.4, 0.5) is 8.78 Å². The summed E-state index contributed by atoms with van der Waals surface area (Å²) in [5.74, 6) is -1.87. The molecule has 0 amide bonds. The number of halogens is 2. The van der Waals surface area contributed by atoms with Gasteiger partial charge in [0.1, 0.15) is 0 Å². The third-order valence-corrected chi connectivity index (χ3v) is 3.74. The van der Waals surface area contributed by atoms with Crippen LogP contribution in [0.1, 0.15) is 45.4 Å². The molecule has 0 spiro atoms. The Hall–Kier alpha value is -0.180. The zero-order chi connectivity index (χ0) is 10.2. The Balaban J connectivity index is 1.83. The van der Waals surface area contributed by atoms with Crippen molar-refractivity contribution in [3.63, 3.8) is 0 Å². The Kier molecular flexibility index (Phi) is 2.78. The maximum Gasteiger partial charge on any atom is 0.248 e. The van der Waals surface area contributed by atoms with E-state index in [1.165, 1.54) is 12.8 Å². The van der Waals surface area contributed by atoms with Gasteiger partial charge in [-0.15, -0.1) is 0 Å². The minimum absolute atomic E-state index is 0.101. The molecule has 1 heterocycles. The van der Waals surface area contributed by atoms with E-state index in [4.69, 9.17) is 0 Å². The van der Waals surface area contributed by atoms with Crippen molar-refractivity contribution in [2.45, 2.75) is 63.5 Å². The number of nitrogens with one attached hydrogen (secondary N) is 1. The Morgan fingerprint density at radius 1 is 1.07 bits per heavy atom. The fraction of sp³-hybridized carbons (Fsp3) is 1.00. The lowest BCUT2D eigenvalue weighted by Gasteiger charge is -2.32. The second-order valence-corrected chi connectivity index (χ2v) is 4.94. The molecule has 1 nitrogen and oxygen atoms in total. The van der Waals surface area contributed by atoms with Crippen LogP contribution in [0.15, 0.2) is 0 Å². The lowest BCUT2D eigenvalue weighted by Crippen LogP contribution is -2.38. The van der Waals surface area contributed by atoms with Crippen molar-refractivity contribution >= 4 is 0 Å². The van der Waals surface area contributed by atoms with Crippen molar-refractivity contribution in [3.8, 4) is 0 Å². The molecular weight excluding hydrogens is 184 g/mol. The number of hydrogen-bond donors (Lipinski definition) is 1. The summed E-state index contributed by atoms with van der Waals surface area (Å²) in [6.45, 7) is 2.18. The first-order valence-electron chi connectivity index (χ1n) is 5.71. The van der Waals surface area contributed by atoms with E-state index in [-0.39, 0.29) is 12.8 Å². The molecule has 2 atom stereocenters. The van der Waals surface area contributed by atoms with Crippen LogP contribution in [0, 0.1) is 5.92 Å². The summed E-state index contributed by atoms with van der Waals surface area (Å²) >= 11 is 0. The van der Waals surface area contributed by atoms with Crippen molar-refractivity contribution in [3.05, 3.63) is 0 Å². The summed E-state index contributed by atoms with van der Waals surface area (Å²) in [7, 11) is 0. The highest BCUT2D eigenvalue weighted by molar-refractivity contribution is 4.89. The van der Waals surface area contributed by atoms with Crippen LogP contribution in [0.2, 0.25) is 0 Å². The van der Waals surface area contributed by atoms with Gasteiger partial charge < -0.3 is 5.32 Å². The molecule has 1 aliphatic heterocycles. The summed E-state index contributed by atoms with van der Waals surface area (Å²) in [5.41, 5.74) is 0. The minimum atomic E-state index is -2.37. The SMILES string of the molecule is C[C@H]1CCC(C2CCC(F)(F)CC2)N1. The summed E-state index contributed by atoms with van der Waals surface area (Å²) in [6, 6.07) is 1.10. The summed E-state index contributed by atoms with van der Waals surface area (Å²) in [5, 5.41) is 3.51. The number of alkyl halides is 2. The van der Waals surface area contributed by atoms with Gasteiger partial charge in [0.2, 0.25) is 5.92 Å². The fourth-order valence-corrected chi connectivity index (χ4v) is 2.80. The van der Waals surface area contributed by atoms with E-state index in [1.54, 1.807) is 0 Å². The van der Waals surface area contributed by atoms with E-state index in [0.717, 1.165) is 0 Å². The molecule has 3 heteroatoms. The Labute approximate surface area is 84.3 Å². The van der Waals surface area contributed by atoms with Crippen LogP contribution < -0.4 is 5.32 Å². The van der Waals surface area contributed by atoms with E-state index >= 15 is 0 Å². The smallest absolute Gasteiger partial charge is 0.248 e. The van der Waals surface area contributed by atoms with Crippen molar-refractivity contribution < 1.29 is 8.78 Å². The van der Waals surface area contributed by atoms with Crippen LogP contribution in [-0.4, -0.2) is 18.0 Å². The van der Waals surface area contributed by atoms with Crippen molar-refractivity contribution in [2.75, 3.05) is 0 Å². The van der Waals surface area contributed by atoms with Gasteiger partial charge in [0, 0.05) is 24.9 Å². The summed E-state index contributed by atoms with van der Waals surface area (Å²) < 4.78 is 25.8. The zero-order valence-corrected chi connectivity index (χ0v) is 8.73. The Bertz CT molecular complexity index is 195. The molecule has 0 aromatic heterocycles. The molecule has 1 saturated carbocycles. The van der Waals surface area contributed by atoms with Crippen molar-refractivity contribution in [1.82, 2.24) is 5.32 Å². The van der Waals surface area contributed by atoms with E-state index < -0.39 is 5.92 Å². The lowest BCUT2D eigenvalue weighted by molar-refractivity contribution is -0.0489. The van der Waals surface area contributed by atoms with Gasteiger partial charge in [-0.05, 0) is 38.5 Å². The molecule has 1 saturated heterocycles. The van der Waals surface area contributed by atoms with Crippen LogP contribution in [0.5, 0.6) is 0 Å². The van der Waals surface area contributed by atoms with E-state index in [2.05, 4.69) is 12.2 Å². The highest BCUT2D eigenvalue weighted by Crippen LogP contribution is 2.39. The predicted molar refractivity (Wildman–Crippen MR) is 52.5 cm³/mol. The van der Waals surface area contributed by atoms with E-state index in [9.17, 15) is 8.78 Å². The van der Waals surface area contributed by atoms with Gasteiger partial charge in [-0.25, -0.2) is 8.78 Å². The first kappa shape index (κ1) is 10.3. The lowest BCUT2D eigenvalue weighted by atomic mass is 9.81. The molecule has 1 aliphatic carbocycles. The first-order chi connectivity index (χ1) is 6.57. The average molecular weight is 203 g/mol. The molecule has 0 aromatic carbocycles. The predicted octanol–water partition coefficient (Wildman–Crippen LogP) is 2.95. The fourth-order valence-electron chi connectivity index (χ4n) is 2.80. The average Bonchev–Trinajstić information content (AvgIpc) is 2.52. The first-order valence-corrected chi connectivity index (χ1v) is 5.71. The van der Waals surface area contributed by atoms with Crippen LogP contribution in [0.3, 0.4) is 0 Å². The molecule has 82 valence electrons. The topological polar surface area (TPSA) is 12.0 Å². The largest absolute Gasteiger partial charge is 0.311 e. The maximum atomic E-state index is 12.9. The summed E-state index contributed by atoms with van der Waals surface area (Å²) in [4.78, 5) is 0. The second-order valence-electron chi connectivity index (χ2n) is 4.94. The molecular formula is C11H19F2N. The molecule has 14 heavy (non-hydrogen) atoms. The van der Waals surface area contributed by atoms with E-state index in [1.807, 2.05) is 0 Å². The van der Waals surface area contributed by atoms with Gasteiger partial charge in [-0.1, -0.05) is 0 Å². The standard InChI is InChI=1S/C11H19F2N/c1-8-2-3-10(14-8)9-4-6-11(12,13)7-5-9/h8-10,14H,2-7H2,1H3/t8-,10?/m0/s1. The van der Waals surface area contributed by atoms with Gasteiger partial charge in [0.05, 0.1) is 0 Å². The second kappa shape index (κ2) is 3.76. The molecule has 2 fully saturated rings. The van der Waals surface area contributed by atoms with Gasteiger partial charge in [-0.3, -0.25) is 0 Å². The third-order valence-electron chi connectivity index (χ3n) is 3.74. The van der Waals surface area contributed by atoms with Crippen LogP contribution >= 0.6 is 0 Å². The number of rotatable bonds is 1. The monoisotopic (exact) mass is 203 g/mol. The Morgan fingerprint density at radius 3 is 2.21 bits per heavy atom. The molecule has 2 aliphatic rings. The molecule has 1 unspecified atom stereocenters. The van der Waals surface area contributed by atoms with Crippen LogP contribution in [0.25, 0.3) is 0 Å². The van der Waals surface area contributed by atoms with Gasteiger partial charge in [-0.2, -0.15) is 0 Å². The molecule has 2 rings (SSSR count). The highest BCUT2D eigenvalue weighted by Gasteiger charge is 2.38. The molecule has 0 radical (unpaired) electrons. The highest BCUT2D eigenvalue weighted by atomic mass is 19.3.